The minimum Gasteiger partial charge on any atom is -0.350 e. The maximum Gasteiger partial charge on any atom is 0.272 e. The zero-order valence-electron chi connectivity index (χ0n) is 28.6. The average Bonchev–Trinajstić information content (AvgIpc) is 3.63. The molecule has 2 bridgehead atoms. The predicted molar refractivity (Wildman–Crippen MR) is 189 cm³/mol. The summed E-state index contributed by atoms with van der Waals surface area (Å²) in [5.74, 6) is -0.642. The number of halogens is 1. The van der Waals surface area contributed by atoms with E-state index in [9.17, 15) is 19.2 Å². The Balaban J connectivity index is 1.34. The number of aromatic nitrogens is 3. The van der Waals surface area contributed by atoms with Crippen molar-refractivity contribution in [3.05, 3.63) is 76.2 Å². The van der Waals surface area contributed by atoms with Crippen molar-refractivity contribution in [2.75, 3.05) is 39.8 Å². The summed E-state index contributed by atoms with van der Waals surface area (Å²) in [6, 6.07) is 15.1. The van der Waals surface area contributed by atoms with E-state index in [4.69, 9.17) is 11.6 Å². The topological polar surface area (TPSA) is 124 Å². The number of nitrogens with zero attached hydrogens (tertiary/aromatic N) is 5. The maximum atomic E-state index is 14.5. The molecule has 2 aromatic heterocycles. The van der Waals surface area contributed by atoms with Crippen LogP contribution in [0.1, 0.15) is 65.3 Å². The van der Waals surface area contributed by atoms with Crippen LogP contribution in [-0.2, 0) is 29.5 Å². The number of aryl methyl sites for hydroxylation is 1. The van der Waals surface area contributed by atoms with Crippen LogP contribution in [0.4, 0.5) is 0 Å². The second-order valence-electron chi connectivity index (χ2n) is 13.5. The van der Waals surface area contributed by atoms with Gasteiger partial charge in [-0.1, -0.05) is 55.8 Å². The summed E-state index contributed by atoms with van der Waals surface area (Å²) in [6.45, 7) is 5.18. The lowest BCUT2D eigenvalue weighted by molar-refractivity contribution is -0.141. The van der Waals surface area contributed by atoms with Crippen LogP contribution >= 0.6 is 11.6 Å². The van der Waals surface area contributed by atoms with Crippen LogP contribution in [0, 0.1) is 5.92 Å². The SMILES string of the molecule is CC(C)CN1CC(=O)N(C)C2CCc3c(c(nn3C)C(=O)NCCN(C(=O)c3[nH]c4ccc(Cl)cc4c3-c3ccccc3)CCCC1=O)C2. The molecule has 12 heteroatoms. The van der Waals surface area contributed by atoms with Crippen LogP contribution in [0.3, 0.4) is 0 Å². The largest absolute Gasteiger partial charge is 0.350 e. The first-order chi connectivity index (χ1) is 23.5. The van der Waals surface area contributed by atoms with E-state index >= 15 is 0 Å². The fraction of sp³-hybridized carbons (Fsp3) is 0.432. The van der Waals surface area contributed by atoms with Gasteiger partial charge in [-0.2, -0.15) is 5.10 Å². The summed E-state index contributed by atoms with van der Waals surface area (Å²) < 4.78 is 1.76. The van der Waals surface area contributed by atoms with Crippen molar-refractivity contribution in [1.82, 2.24) is 34.8 Å². The number of fused-ring (bicyclic) bond motifs is 2. The Morgan fingerprint density at radius 1 is 1.02 bits per heavy atom. The molecule has 1 unspecified atom stereocenters. The van der Waals surface area contributed by atoms with Gasteiger partial charge in [0.05, 0.1) is 6.54 Å². The van der Waals surface area contributed by atoms with Gasteiger partial charge in [0.2, 0.25) is 11.8 Å². The Bertz CT molecular complexity index is 1880. The molecule has 258 valence electrons. The Kier molecular flexibility index (Phi) is 10.1. The molecule has 0 spiro atoms. The van der Waals surface area contributed by atoms with Crippen molar-refractivity contribution < 1.29 is 19.2 Å². The van der Waals surface area contributed by atoms with Crippen molar-refractivity contribution in [3.8, 4) is 11.1 Å². The molecule has 4 aromatic rings. The van der Waals surface area contributed by atoms with E-state index < -0.39 is 0 Å². The fourth-order valence-electron chi connectivity index (χ4n) is 7.13. The molecular formula is C37H44ClN7O4. The lowest BCUT2D eigenvalue weighted by atomic mass is 9.90. The molecule has 11 nitrogen and oxygen atoms in total. The second kappa shape index (κ2) is 14.5. The monoisotopic (exact) mass is 685 g/mol. The molecule has 0 fully saturated rings. The summed E-state index contributed by atoms with van der Waals surface area (Å²) in [7, 11) is 3.62. The first-order valence-corrected chi connectivity index (χ1v) is 17.4. The molecule has 1 aliphatic carbocycles. The third-order valence-electron chi connectivity index (χ3n) is 9.66. The van der Waals surface area contributed by atoms with Gasteiger partial charge in [0.25, 0.3) is 11.8 Å². The lowest BCUT2D eigenvalue weighted by Crippen LogP contribution is -2.47. The van der Waals surface area contributed by atoms with E-state index in [2.05, 4.69) is 15.4 Å². The van der Waals surface area contributed by atoms with Gasteiger partial charge in [0, 0.05) is 85.5 Å². The standard InChI is InChI=1S/C37H44ClN7O4/c1-23(2)21-45-22-32(47)42(3)26-13-15-30-28(20-26)34(41-43(30)4)36(48)39-16-18-44(17-8-11-31(45)46)37(49)35-33(24-9-6-5-7-10-24)27-19-25(38)12-14-29(27)40-35/h5-7,9-10,12,14,19,23,26,40H,8,11,13,15-18,20-22H2,1-4H3,(H,39,48). The number of hydrogen-bond acceptors (Lipinski definition) is 5. The fourth-order valence-corrected chi connectivity index (χ4v) is 7.30. The zero-order chi connectivity index (χ0) is 34.8. The Morgan fingerprint density at radius 2 is 1.80 bits per heavy atom. The summed E-state index contributed by atoms with van der Waals surface area (Å²) in [5.41, 5.74) is 4.97. The van der Waals surface area contributed by atoms with Gasteiger partial charge >= 0.3 is 0 Å². The van der Waals surface area contributed by atoms with Crippen molar-refractivity contribution >= 4 is 46.1 Å². The minimum atomic E-state index is -0.313. The third-order valence-corrected chi connectivity index (χ3v) is 9.89. The van der Waals surface area contributed by atoms with Crippen LogP contribution < -0.4 is 5.32 Å². The van der Waals surface area contributed by atoms with Crippen LogP contribution in [-0.4, -0.2) is 98.9 Å². The van der Waals surface area contributed by atoms with Gasteiger partial charge in [-0.05, 0) is 55.4 Å². The van der Waals surface area contributed by atoms with Gasteiger partial charge in [0.1, 0.15) is 5.69 Å². The van der Waals surface area contributed by atoms with E-state index in [0.717, 1.165) is 39.7 Å². The summed E-state index contributed by atoms with van der Waals surface area (Å²) in [5, 5.41) is 8.96. The van der Waals surface area contributed by atoms with Crippen LogP contribution in [0.5, 0.6) is 0 Å². The summed E-state index contributed by atoms with van der Waals surface area (Å²) in [4.78, 5) is 63.6. The van der Waals surface area contributed by atoms with Gasteiger partial charge in [-0.15, -0.1) is 0 Å². The molecule has 4 amide bonds. The lowest BCUT2D eigenvalue weighted by Gasteiger charge is -2.34. The first-order valence-electron chi connectivity index (χ1n) is 17.0. The van der Waals surface area contributed by atoms with E-state index in [1.165, 1.54) is 0 Å². The van der Waals surface area contributed by atoms with E-state index in [-0.39, 0.29) is 68.2 Å². The number of hydrogen-bond donors (Lipinski definition) is 2. The number of aromatic amines is 1. The van der Waals surface area contributed by atoms with Gasteiger partial charge < -0.3 is 25.0 Å². The normalized spacial score (nSPS) is 18.3. The second-order valence-corrected chi connectivity index (χ2v) is 14.0. The summed E-state index contributed by atoms with van der Waals surface area (Å²) in [6.07, 6.45) is 2.50. The van der Waals surface area contributed by atoms with Crippen LogP contribution in [0.25, 0.3) is 22.0 Å². The third kappa shape index (κ3) is 7.22. The molecule has 1 aliphatic heterocycles. The predicted octanol–water partition coefficient (Wildman–Crippen LogP) is 4.69. The highest BCUT2D eigenvalue weighted by Gasteiger charge is 2.33. The molecule has 0 saturated carbocycles. The molecule has 2 aromatic carbocycles. The number of carbonyl (C=O) groups excluding carboxylic acids is 4. The maximum absolute atomic E-state index is 14.5. The van der Waals surface area contributed by atoms with E-state index in [1.54, 1.807) is 32.5 Å². The van der Waals surface area contributed by atoms with Crippen molar-refractivity contribution in [3.63, 3.8) is 0 Å². The van der Waals surface area contributed by atoms with E-state index in [1.807, 2.05) is 63.4 Å². The highest BCUT2D eigenvalue weighted by atomic mass is 35.5. The first kappa shape index (κ1) is 34.2. The van der Waals surface area contributed by atoms with Crippen molar-refractivity contribution in [2.45, 2.75) is 52.0 Å². The molecular weight excluding hydrogens is 642 g/mol. The number of nitrogens with one attached hydrogen (secondary N) is 2. The molecule has 6 rings (SSSR count). The number of amides is 4. The Labute approximate surface area is 291 Å². The number of rotatable bonds is 4. The average molecular weight is 686 g/mol. The van der Waals surface area contributed by atoms with Gasteiger partial charge in [-0.25, -0.2) is 0 Å². The van der Waals surface area contributed by atoms with Crippen LogP contribution in [0.15, 0.2) is 48.5 Å². The molecule has 0 radical (unpaired) electrons. The Morgan fingerprint density at radius 3 is 2.55 bits per heavy atom. The number of carbonyl (C=O) groups is 4. The van der Waals surface area contributed by atoms with Crippen LogP contribution in [0.2, 0.25) is 5.02 Å². The quantitative estimate of drug-likeness (QED) is 0.323. The number of H-pyrrole nitrogens is 1. The highest BCUT2D eigenvalue weighted by Crippen LogP contribution is 2.35. The summed E-state index contributed by atoms with van der Waals surface area (Å²) >= 11 is 6.41. The van der Waals surface area contributed by atoms with Crippen molar-refractivity contribution in [2.24, 2.45) is 13.0 Å². The van der Waals surface area contributed by atoms with E-state index in [0.29, 0.717) is 42.2 Å². The number of likely N-dealkylation sites (N-methyl/N-ethyl adjacent to an activating group) is 1. The molecule has 49 heavy (non-hydrogen) atoms. The molecule has 0 saturated heterocycles. The van der Waals surface area contributed by atoms with Crippen molar-refractivity contribution in [1.29, 1.82) is 0 Å². The molecule has 1 atom stereocenters. The zero-order valence-corrected chi connectivity index (χ0v) is 29.3. The molecule has 2 aliphatic rings. The smallest absolute Gasteiger partial charge is 0.272 e. The Hall–Kier alpha value is -4.64. The van der Waals surface area contributed by atoms with Gasteiger partial charge in [0.15, 0.2) is 5.69 Å². The number of benzene rings is 2. The minimum absolute atomic E-state index is 0.0159. The molecule has 2 N–H and O–H groups in total. The van der Waals surface area contributed by atoms with Gasteiger partial charge in [-0.3, -0.25) is 23.9 Å². The molecule has 3 heterocycles. The highest BCUT2D eigenvalue weighted by molar-refractivity contribution is 6.31.